The Bertz CT molecular complexity index is 733. The van der Waals surface area contributed by atoms with Crippen molar-refractivity contribution in [3.05, 3.63) is 29.6 Å². The van der Waals surface area contributed by atoms with Crippen LogP contribution in [0.15, 0.2) is 23.1 Å². The van der Waals surface area contributed by atoms with Crippen LogP contribution >= 0.6 is 0 Å². The normalized spacial score (nSPS) is 18.8. The van der Waals surface area contributed by atoms with E-state index < -0.39 is 33.8 Å². The third kappa shape index (κ3) is 3.50. The molecular weight excluding hydrogens is 329 g/mol. The summed E-state index contributed by atoms with van der Waals surface area (Å²) in [6.07, 6.45) is 0.334. The number of carbonyl (C=O) groups is 2. The van der Waals surface area contributed by atoms with E-state index in [1.165, 1.54) is 13.2 Å². The molecule has 0 saturated carbocycles. The fourth-order valence-electron chi connectivity index (χ4n) is 2.47. The Morgan fingerprint density at radius 3 is 2.70 bits per heavy atom. The Morgan fingerprint density at radius 1 is 1.43 bits per heavy atom. The summed E-state index contributed by atoms with van der Waals surface area (Å²) < 4.78 is 44.3. The van der Waals surface area contributed by atoms with Crippen molar-refractivity contribution >= 4 is 22.0 Å². The summed E-state index contributed by atoms with van der Waals surface area (Å²) in [4.78, 5) is 22.0. The Kier molecular flexibility index (Phi) is 5.00. The summed E-state index contributed by atoms with van der Waals surface area (Å²) in [5, 5.41) is 9.09. The number of benzene rings is 1. The van der Waals surface area contributed by atoms with Crippen LogP contribution in [0.4, 0.5) is 4.39 Å². The molecule has 0 bridgehead atoms. The van der Waals surface area contributed by atoms with Gasteiger partial charge in [0.2, 0.25) is 10.0 Å². The maximum atomic E-state index is 14.0. The molecule has 0 aliphatic carbocycles. The number of rotatable bonds is 5. The molecule has 9 heteroatoms. The van der Waals surface area contributed by atoms with Crippen LogP contribution in [0.2, 0.25) is 0 Å². The average molecular weight is 345 g/mol. The molecule has 1 aromatic rings. The molecule has 1 aliphatic heterocycles. The van der Waals surface area contributed by atoms with Crippen LogP contribution in [-0.4, -0.2) is 49.5 Å². The van der Waals surface area contributed by atoms with Gasteiger partial charge in [-0.2, -0.15) is 4.31 Å². The highest BCUT2D eigenvalue weighted by atomic mass is 32.2. The van der Waals surface area contributed by atoms with Crippen molar-refractivity contribution in [1.82, 2.24) is 4.31 Å². The Hall–Kier alpha value is -2.00. The highest BCUT2D eigenvalue weighted by Crippen LogP contribution is 2.27. The summed E-state index contributed by atoms with van der Waals surface area (Å²) in [6, 6.07) is 2.00. The van der Waals surface area contributed by atoms with Crippen molar-refractivity contribution in [3.8, 4) is 0 Å². The molecule has 1 fully saturated rings. The van der Waals surface area contributed by atoms with Crippen molar-refractivity contribution in [2.75, 3.05) is 13.7 Å². The second-order valence-electron chi connectivity index (χ2n) is 5.12. The van der Waals surface area contributed by atoms with E-state index in [9.17, 15) is 22.4 Å². The van der Waals surface area contributed by atoms with E-state index in [4.69, 9.17) is 5.11 Å². The van der Waals surface area contributed by atoms with Crippen molar-refractivity contribution in [1.29, 1.82) is 0 Å². The first-order valence-corrected chi connectivity index (χ1v) is 8.31. The first-order valence-electron chi connectivity index (χ1n) is 6.87. The molecule has 1 atom stereocenters. The molecule has 0 aromatic heterocycles. The molecule has 0 spiro atoms. The number of aliphatic carboxylic acids is 1. The van der Waals surface area contributed by atoms with Crippen LogP contribution in [0.3, 0.4) is 0 Å². The standard InChI is InChI=1S/C14H16FNO6S/c1-22-13(17)7-9-4-5-10(8-11(9)15)23(20,21)16-6-2-3-12(16)14(18)19/h4-5,8,12H,2-3,6-7H2,1H3,(H,18,19)/t12-/m1/s1. The van der Waals surface area contributed by atoms with Gasteiger partial charge in [-0.15, -0.1) is 0 Å². The van der Waals surface area contributed by atoms with Gasteiger partial charge >= 0.3 is 11.9 Å². The van der Waals surface area contributed by atoms with Gasteiger partial charge in [-0.3, -0.25) is 9.59 Å². The molecule has 23 heavy (non-hydrogen) atoms. The van der Waals surface area contributed by atoms with Crippen LogP contribution < -0.4 is 0 Å². The smallest absolute Gasteiger partial charge is 0.322 e. The number of hydrogen-bond acceptors (Lipinski definition) is 5. The number of hydrogen-bond donors (Lipinski definition) is 1. The lowest BCUT2D eigenvalue weighted by Gasteiger charge is -2.21. The highest BCUT2D eigenvalue weighted by Gasteiger charge is 2.39. The molecule has 1 N–H and O–H groups in total. The number of carbonyl (C=O) groups excluding carboxylic acids is 1. The van der Waals surface area contributed by atoms with E-state index in [0.717, 1.165) is 16.4 Å². The van der Waals surface area contributed by atoms with E-state index in [2.05, 4.69) is 4.74 Å². The zero-order valence-corrected chi connectivity index (χ0v) is 13.2. The zero-order chi connectivity index (χ0) is 17.2. The minimum absolute atomic E-state index is 0.00649. The Balaban J connectivity index is 2.32. The fraction of sp³-hybridized carbons (Fsp3) is 0.429. The number of carboxylic acids is 1. The monoisotopic (exact) mass is 345 g/mol. The van der Waals surface area contributed by atoms with Gasteiger partial charge in [-0.1, -0.05) is 6.07 Å². The number of sulfonamides is 1. The lowest BCUT2D eigenvalue weighted by atomic mass is 10.1. The van der Waals surface area contributed by atoms with E-state index in [1.807, 2.05) is 0 Å². The zero-order valence-electron chi connectivity index (χ0n) is 12.4. The average Bonchev–Trinajstić information content (AvgIpc) is 2.99. The van der Waals surface area contributed by atoms with Gasteiger partial charge in [-0.25, -0.2) is 12.8 Å². The second kappa shape index (κ2) is 6.63. The van der Waals surface area contributed by atoms with Crippen LogP contribution in [0.1, 0.15) is 18.4 Å². The lowest BCUT2D eigenvalue weighted by Crippen LogP contribution is -2.40. The molecule has 1 heterocycles. The molecule has 1 aliphatic rings. The number of methoxy groups -OCH3 is 1. The molecule has 126 valence electrons. The van der Waals surface area contributed by atoms with Crippen molar-refractivity contribution < 1.29 is 32.2 Å². The molecule has 0 radical (unpaired) electrons. The first-order chi connectivity index (χ1) is 10.8. The van der Waals surface area contributed by atoms with Crippen molar-refractivity contribution in [2.45, 2.75) is 30.2 Å². The summed E-state index contributed by atoms with van der Waals surface area (Å²) in [5.41, 5.74) is 0.00649. The third-order valence-corrected chi connectivity index (χ3v) is 5.59. The van der Waals surface area contributed by atoms with Crippen LogP contribution in [0, 0.1) is 5.82 Å². The topological polar surface area (TPSA) is 101 Å². The van der Waals surface area contributed by atoms with Crippen LogP contribution in [-0.2, 0) is 30.8 Å². The highest BCUT2D eigenvalue weighted by molar-refractivity contribution is 7.89. The predicted molar refractivity (Wildman–Crippen MR) is 76.7 cm³/mol. The van der Waals surface area contributed by atoms with Gasteiger partial charge in [0, 0.05) is 6.54 Å². The number of ether oxygens (including phenoxy) is 1. The van der Waals surface area contributed by atoms with E-state index in [0.29, 0.717) is 6.42 Å². The molecular formula is C14H16FNO6S. The number of halogens is 1. The SMILES string of the molecule is COC(=O)Cc1ccc(S(=O)(=O)N2CCC[C@@H]2C(=O)O)cc1F. The Morgan fingerprint density at radius 2 is 2.13 bits per heavy atom. The van der Waals surface area contributed by atoms with Gasteiger partial charge in [0.1, 0.15) is 11.9 Å². The third-order valence-electron chi connectivity index (χ3n) is 3.68. The van der Waals surface area contributed by atoms with E-state index >= 15 is 0 Å². The quantitative estimate of drug-likeness (QED) is 0.792. The molecule has 1 saturated heterocycles. The molecule has 0 unspecified atom stereocenters. The van der Waals surface area contributed by atoms with E-state index in [-0.39, 0.29) is 29.8 Å². The molecule has 7 nitrogen and oxygen atoms in total. The van der Waals surface area contributed by atoms with Gasteiger partial charge in [0.05, 0.1) is 18.4 Å². The minimum Gasteiger partial charge on any atom is -0.480 e. The number of esters is 1. The van der Waals surface area contributed by atoms with Gasteiger partial charge < -0.3 is 9.84 Å². The molecule has 2 rings (SSSR count). The van der Waals surface area contributed by atoms with Gasteiger partial charge in [-0.05, 0) is 30.5 Å². The molecule has 1 aromatic carbocycles. The number of nitrogens with zero attached hydrogens (tertiary/aromatic N) is 1. The van der Waals surface area contributed by atoms with E-state index in [1.54, 1.807) is 0 Å². The Labute approximate surface area is 132 Å². The largest absolute Gasteiger partial charge is 0.480 e. The first kappa shape index (κ1) is 17.4. The van der Waals surface area contributed by atoms with Crippen molar-refractivity contribution in [2.24, 2.45) is 0 Å². The summed E-state index contributed by atoms with van der Waals surface area (Å²) in [7, 11) is -2.94. The lowest BCUT2D eigenvalue weighted by molar-refractivity contribution is -0.141. The number of carboxylic acid groups (broad SMARTS) is 1. The molecule has 0 amide bonds. The van der Waals surface area contributed by atoms with Gasteiger partial charge in [0.25, 0.3) is 0 Å². The predicted octanol–water partition coefficient (Wildman–Crippen LogP) is 0.779. The minimum atomic E-state index is -4.11. The van der Waals surface area contributed by atoms with Gasteiger partial charge in [0.15, 0.2) is 0 Å². The van der Waals surface area contributed by atoms with Crippen LogP contribution in [0.25, 0.3) is 0 Å². The maximum absolute atomic E-state index is 14.0. The second-order valence-corrected chi connectivity index (χ2v) is 7.01. The fourth-order valence-corrected chi connectivity index (χ4v) is 4.13. The van der Waals surface area contributed by atoms with Crippen LogP contribution in [0.5, 0.6) is 0 Å². The summed E-state index contributed by atoms with van der Waals surface area (Å²) in [5.74, 6) is -2.73. The maximum Gasteiger partial charge on any atom is 0.322 e. The summed E-state index contributed by atoms with van der Waals surface area (Å²) in [6.45, 7) is 0.0742. The summed E-state index contributed by atoms with van der Waals surface area (Å²) >= 11 is 0. The van der Waals surface area contributed by atoms with Crippen molar-refractivity contribution in [3.63, 3.8) is 0 Å².